The fraction of sp³-hybridized carbons (Fsp3) is 0.364. The summed E-state index contributed by atoms with van der Waals surface area (Å²) in [6.45, 7) is 4.55. The molecule has 0 saturated heterocycles. The highest BCUT2D eigenvalue weighted by Crippen LogP contribution is 2.20. The molecule has 0 fully saturated rings. The molecule has 1 amide bonds. The summed E-state index contributed by atoms with van der Waals surface area (Å²) in [6.07, 6.45) is 1.01. The second kappa shape index (κ2) is 10.4. The van der Waals surface area contributed by atoms with Crippen LogP contribution in [0.3, 0.4) is 0 Å². The highest BCUT2D eigenvalue weighted by Gasteiger charge is 2.23. The fourth-order valence-corrected chi connectivity index (χ4v) is 3.02. The Balaban J connectivity index is 1.97. The number of aliphatic carboxylic acids is 1. The average Bonchev–Trinajstić information content (AvgIpc) is 2.68. The Morgan fingerprint density at radius 2 is 1.70 bits per heavy atom. The number of carboxylic acids is 1. The molecule has 0 aliphatic heterocycles. The first kappa shape index (κ1) is 20.5. The van der Waals surface area contributed by atoms with Crippen molar-refractivity contribution in [1.82, 2.24) is 5.32 Å². The number of carboxylic acid groups (broad SMARTS) is 1. The monoisotopic (exact) mass is 369 g/mol. The van der Waals surface area contributed by atoms with Crippen molar-refractivity contribution in [2.75, 3.05) is 13.2 Å². The molecule has 0 spiro atoms. The molecule has 0 radical (unpaired) electrons. The second-order valence-electron chi connectivity index (χ2n) is 6.43. The van der Waals surface area contributed by atoms with Gasteiger partial charge in [-0.05, 0) is 43.0 Å². The first-order chi connectivity index (χ1) is 13.0. The van der Waals surface area contributed by atoms with Gasteiger partial charge < -0.3 is 15.2 Å². The minimum atomic E-state index is -0.919. The van der Waals surface area contributed by atoms with Crippen molar-refractivity contribution in [3.8, 4) is 5.75 Å². The van der Waals surface area contributed by atoms with E-state index in [1.165, 1.54) is 0 Å². The van der Waals surface area contributed by atoms with Crippen LogP contribution < -0.4 is 10.1 Å². The number of carbonyl (C=O) groups excluding carboxylic acids is 1. The Labute approximate surface area is 160 Å². The van der Waals surface area contributed by atoms with Gasteiger partial charge in [-0.15, -0.1) is 0 Å². The first-order valence-corrected chi connectivity index (χ1v) is 9.32. The molecule has 0 bridgehead atoms. The van der Waals surface area contributed by atoms with Crippen LogP contribution in [0.4, 0.5) is 0 Å². The van der Waals surface area contributed by atoms with Gasteiger partial charge in [-0.2, -0.15) is 0 Å². The maximum Gasteiger partial charge on any atom is 0.308 e. The molecule has 0 saturated carbocycles. The molecule has 27 heavy (non-hydrogen) atoms. The largest absolute Gasteiger partial charge is 0.494 e. The van der Waals surface area contributed by atoms with Gasteiger partial charge in [-0.1, -0.05) is 49.4 Å². The van der Waals surface area contributed by atoms with Gasteiger partial charge in [0.05, 0.1) is 18.4 Å². The number of hydrogen-bond donors (Lipinski definition) is 2. The zero-order valence-electron chi connectivity index (χ0n) is 15.9. The maximum absolute atomic E-state index is 12.6. The third kappa shape index (κ3) is 6.13. The number of hydrogen-bond acceptors (Lipinski definition) is 3. The van der Waals surface area contributed by atoms with Crippen molar-refractivity contribution in [3.05, 3.63) is 65.7 Å². The van der Waals surface area contributed by atoms with Gasteiger partial charge in [0.2, 0.25) is 5.91 Å². The van der Waals surface area contributed by atoms with Gasteiger partial charge in [-0.3, -0.25) is 9.59 Å². The fourth-order valence-electron chi connectivity index (χ4n) is 3.02. The Morgan fingerprint density at radius 3 is 2.26 bits per heavy atom. The van der Waals surface area contributed by atoms with Gasteiger partial charge in [-0.25, -0.2) is 0 Å². The highest BCUT2D eigenvalue weighted by atomic mass is 16.5. The van der Waals surface area contributed by atoms with E-state index >= 15 is 0 Å². The summed E-state index contributed by atoms with van der Waals surface area (Å²) >= 11 is 0. The van der Waals surface area contributed by atoms with E-state index in [9.17, 15) is 14.7 Å². The van der Waals surface area contributed by atoms with Crippen LogP contribution in [0.2, 0.25) is 0 Å². The molecule has 2 atom stereocenters. The molecular weight excluding hydrogens is 342 g/mol. The summed E-state index contributed by atoms with van der Waals surface area (Å²) in [5.41, 5.74) is 1.84. The summed E-state index contributed by atoms with van der Waals surface area (Å²) in [5, 5.41) is 12.3. The zero-order chi connectivity index (χ0) is 19.6. The standard InChI is InChI=1S/C22H27NO4/c1-3-20(17-8-6-5-7-9-17)21(24)23-15-18(22(25)26)14-16-10-12-19(13-11-16)27-4-2/h5-13,18,20H,3-4,14-15H2,1-2H3,(H,23,24)(H,25,26). The van der Waals surface area contributed by atoms with E-state index in [1.54, 1.807) is 0 Å². The number of ether oxygens (including phenoxy) is 1. The molecule has 5 heteroatoms. The molecule has 0 aliphatic carbocycles. The number of carbonyl (C=O) groups is 2. The Bertz CT molecular complexity index is 728. The van der Waals surface area contributed by atoms with Crippen molar-refractivity contribution < 1.29 is 19.4 Å². The van der Waals surface area contributed by atoms with Crippen LogP contribution in [-0.4, -0.2) is 30.1 Å². The first-order valence-electron chi connectivity index (χ1n) is 9.32. The Morgan fingerprint density at radius 1 is 1.04 bits per heavy atom. The number of benzene rings is 2. The van der Waals surface area contributed by atoms with E-state index in [2.05, 4.69) is 5.32 Å². The van der Waals surface area contributed by atoms with E-state index in [1.807, 2.05) is 68.4 Å². The van der Waals surface area contributed by atoms with Gasteiger partial charge >= 0.3 is 5.97 Å². The summed E-state index contributed by atoms with van der Waals surface area (Å²) in [7, 11) is 0. The van der Waals surface area contributed by atoms with Crippen LogP contribution in [0, 0.1) is 5.92 Å². The molecule has 2 aromatic carbocycles. The van der Waals surface area contributed by atoms with E-state index in [-0.39, 0.29) is 18.4 Å². The minimum Gasteiger partial charge on any atom is -0.494 e. The average molecular weight is 369 g/mol. The molecule has 2 rings (SSSR count). The molecule has 2 N–H and O–H groups in total. The molecule has 0 heterocycles. The highest BCUT2D eigenvalue weighted by molar-refractivity contribution is 5.84. The molecule has 144 valence electrons. The van der Waals surface area contributed by atoms with Crippen LogP contribution in [0.5, 0.6) is 5.75 Å². The van der Waals surface area contributed by atoms with Crippen molar-refractivity contribution >= 4 is 11.9 Å². The number of amides is 1. The minimum absolute atomic E-state index is 0.102. The van der Waals surface area contributed by atoms with Gasteiger partial charge in [0, 0.05) is 6.54 Å². The number of nitrogens with one attached hydrogen (secondary N) is 1. The smallest absolute Gasteiger partial charge is 0.308 e. The van der Waals surface area contributed by atoms with E-state index in [0.717, 1.165) is 16.9 Å². The molecule has 0 aliphatic rings. The lowest BCUT2D eigenvalue weighted by molar-refractivity contribution is -0.141. The molecule has 0 aromatic heterocycles. The summed E-state index contributed by atoms with van der Waals surface area (Å²) < 4.78 is 5.40. The van der Waals surface area contributed by atoms with Crippen molar-refractivity contribution in [1.29, 1.82) is 0 Å². The third-order valence-corrected chi connectivity index (χ3v) is 4.52. The second-order valence-corrected chi connectivity index (χ2v) is 6.43. The van der Waals surface area contributed by atoms with E-state index < -0.39 is 11.9 Å². The third-order valence-electron chi connectivity index (χ3n) is 4.52. The van der Waals surface area contributed by atoms with Crippen LogP contribution in [0.25, 0.3) is 0 Å². The lowest BCUT2D eigenvalue weighted by Crippen LogP contribution is -2.36. The van der Waals surface area contributed by atoms with Crippen LogP contribution >= 0.6 is 0 Å². The maximum atomic E-state index is 12.6. The van der Waals surface area contributed by atoms with Crippen molar-refractivity contribution in [3.63, 3.8) is 0 Å². The quantitative estimate of drug-likeness (QED) is 0.670. The summed E-state index contributed by atoms with van der Waals surface area (Å²) in [5.74, 6) is -1.25. The molecule has 2 unspecified atom stereocenters. The van der Waals surface area contributed by atoms with Crippen LogP contribution in [0.15, 0.2) is 54.6 Å². The molecule has 5 nitrogen and oxygen atoms in total. The van der Waals surface area contributed by atoms with Gasteiger partial charge in [0.15, 0.2) is 0 Å². The van der Waals surface area contributed by atoms with Crippen molar-refractivity contribution in [2.24, 2.45) is 5.92 Å². The van der Waals surface area contributed by atoms with Crippen molar-refractivity contribution in [2.45, 2.75) is 32.6 Å². The van der Waals surface area contributed by atoms with Crippen LogP contribution in [-0.2, 0) is 16.0 Å². The Kier molecular flexibility index (Phi) is 7.86. The Hall–Kier alpha value is -2.82. The number of rotatable bonds is 10. The van der Waals surface area contributed by atoms with E-state index in [4.69, 9.17) is 4.74 Å². The SMILES string of the molecule is CCOc1ccc(CC(CNC(=O)C(CC)c2ccccc2)C(=O)O)cc1. The lowest BCUT2D eigenvalue weighted by atomic mass is 9.94. The predicted octanol–water partition coefficient (Wildman–Crippen LogP) is 3.64. The normalized spacial score (nSPS) is 12.8. The zero-order valence-corrected chi connectivity index (χ0v) is 15.9. The lowest BCUT2D eigenvalue weighted by Gasteiger charge is -2.18. The summed E-state index contributed by atoms with van der Waals surface area (Å²) in [4.78, 5) is 24.2. The topological polar surface area (TPSA) is 75.6 Å². The predicted molar refractivity (Wildman–Crippen MR) is 105 cm³/mol. The molecule has 2 aromatic rings. The van der Waals surface area contributed by atoms with Gasteiger partial charge in [0.25, 0.3) is 0 Å². The van der Waals surface area contributed by atoms with Gasteiger partial charge in [0.1, 0.15) is 5.75 Å². The van der Waals surface area contributed by atoms with Crippen LogP contribution in [0.1, 0.15) is 37.3 Å². The summed E-state index contributed by atoms with van der Waals surface area (Å²) in [6, 6.07) is 16.9. The van der Waals surface area contributed by atoms with E-state index in [0.29, 0.717) is 19.4 Å². The molecular formula is C22H27NO4.